The number of halogens is 1. The second-order valence-electron chi connectivity index (χ2n) is 4.77. The molecule has 1 aromatic heterocycles. The van der Waals surface area contributed by atoms with Crippen molar-refractivity contribution in [1.82, 2.24) is 10.3 Å². The zero-order valence-corrected chi connectivity index (χ0v) is 11.8. The molecule has 3 N–H and O–H groups in total. The van der Waals surface area contributed by atoms with Gasteiger partial charge in [0.25, 0.3) is 5.91 Å². The van der Waals surface area contributed by atoms with Crippen molar-refractivity contribution >= 4 is 21.8 Å². The number of carbonyl (C=O) groups excluding carboxylic acids is 1. The molecule has 98 valence electrons. The van der Waals surface area contributed by atoms with Crippen molar-refractivity contribution in [3.8, 4) is 0 Å². The van der Waals surface area contributed by atoms with E-state index in [1.807, 2.05) is 0 Å². The smallest absolute Gasteiger partial charge is 0.253 e. The molecule has 1 heterocycles. The second kappa shape index (κ2) is 6.29. The summed E-state index contributed by atoms with van der Waals surface area (Å²) in [7, 11) is 0. The zero-order chi connectivity index (χ0) is 13.0. The van der Waals surface area contributed by atoms with Gasteiger partial charge in [-0.3, -0.25) is 9.78 Å². The van der Waals surface area contributed by atoms with Crippen LogP contribution in [0.3, 0.4) is 0 Å². The molecular formula is C13H18BrN3O. The molecule has 5 heteroatoms. The number of nitrogens with one attached hydrogen (secondary N) is 1. The van der Waals surface area contributed by atoms with Crippen LogP contribution in [0.5, 0.6) is 0 Å². The highest BCUT2D eigenvalue weighted by atomic mass is 79.9. The van der Waals surface area contributed by atoms with E-state index in [9.17, 15) is 4.79 Å². The van der Waals surface area contributed by atoms with Crippen LogP contribution in [0.15, 0.2) is 22.9 Å². The lowest BCUT2D eigenvalue weighted by atomic mass is 10.0. The predicted octanol–water partition coefficient (Wildman–Crippen LogP) is 2.23. The third-order valence-electron chi connectivity index (χ3n) is 3.35. The molecule has 2 unspecified atom stereocenters. The number of hydrogen-bond donors (Lipinski definition) is 2. The van der Waals surface area contributed by atoms with Crippen molar-refractivity contribution in [1.29, 1.82) is 0 Å². The fourth-order valence-electron chi connectivity index (χ4n) is 2.30. The first kappa shape index (κ1) is 13.5. The van der Waals surface area contributed by atoms with Crippen molar-refractivity contribution in [2.45, 2.75) is 44.2 Å². The molecule has 1 amide bonds. The van der Waals surface area contributed by atoms with Gasteiger partial charge in [0, 0.05) is 29.0 Å². The van der Waals surface area contributed by atoms with Gasteiger partial charge >= 0.3 is 0 Å². The molecule has 0 saturated heterocycles. The van der Waals surface area contributed by atoms with E-state index < -0.39 is 0 Å². The number of nitrogens with two attached hydrogens (primary N) is 1. The summed E-state index contributed by atoms with van der Waals surface area (Å²) >= 11 is 3.31. The van der Waals surface area contributed by atoms with E-state index in [0.717, 1.165) is 30.2 Å². The van der Waals surface area contributed by atoms with Crippen molar-refractivity contribution in [3.63, 3.8) is 0 Å². The Bertz CT molecular complexity index is 424. The van der Waals surface area contributed by atoms with E-state index in [1.54, 1.807) is 18.5 Å². The van der Waals surface area contributed by atoms with Crippen molar-refractivity contribution in [3.05, 3.63) is 28.5 Å². The maximum atomic E-state index is 12.1. The molecule has 2 rings (SSSR count). The molecule has 1 aliphatic rings. The summed E-state index contributed by atoms with van der Waals surface area (Å²) < 4.78 is 0.806. The highest BCUT2D eigenvalue weighted by Crippen LogP contribution is 2.17. The van der Waals surface area contributed by atoms with Crippen LogP contribution in [0.25, 0.3) is 0 Å². The van der Waals surface area contributed by atoms with Crippen LogP contribution in [0, 0.1) is 0 Å². The molecule has 18 heavy (non-hydrogen) atoms. The Morgan fingerprint density at radius 2 is 2.11 bits per heavy atom. The second-order valence-corrected chi connectivity index (χ2v) is 5.69. The Balaban J connectivity index is 2.01. The van der Waals surface area contributed by atoms with Gasteiger partial charge in [0.05, 0.1) is 5.56 Å². The number of amides is 1. The Labute approximate surface area is 115 Å². The molecule has 2 atom stereocenters. The van der Waals surface area contributed by atoms with E-state index in [1.165, 1.54) is 6.42 Å². The first-order valence-corrected chi connectivity index (χ1v) is 7.13. The minimum Gasteiger partial charge on any atom is -0.348 e. The van der Waals surface area contributed by atoms with E-state index in [0.29, 0.717) is 5.56 Å². The molecule has 4 nitrogen and oxygen atoms in total. The number of aromatic nitrogens is 1. The standard InChI is InChI=1S/C13H18BrN3O/c14-10-6-9(7-16-8-10)13(18)17-12-5-3-1-2-4-11(12)15/h6-8,11-12H,1-5,15H2,(H,17,18). The van der Waals surface area contributed by atoms with Crippen LogP contribution in [0.4, 0.5) is 0 Å². The quantitative estimate of drug-likeness (QED) is 0.823. The van der Waals surface area contributed by atoms with Gasteiger partial charge in [-0.1, -0.05) is 19.3 Å². The molecule has 1 saturated carbocycles. The van der Waals surface area contributed by atoms with E-state index >= 15 is 0 Å². The average Bonchev–Trinajstić information content (AvgIpc) is 2.55. The maximum absolute atomic E-state index is 12.1. The summed E-state index contributed by atoms with van der Waals surface area (Å²) in [5.41, 5.74) is 6.67. The van der Waals surface area contributed by atoms with Gasteiger partial charge in [-0.2, -0.15) is 0 Å². The summed E-state index contributed by atoms with van der Waals surface area (Å²) in [5.74, 6) is -0.0915. The summed E-state index contributed by atoms with van der Waals surface area (Å²) in [6.07, 6.45) is 8.69. The summed E-state index contributed by atoms with van der Waals surface area (Å²) in [6, 6.07) is 1.92. The number of hydrogen-bond acceptors (Lipinski definition) is 3. The molecular weight excluding hydrogens is 294 g/mol. The fourth-order valence-corrected chi connectivity index (χ4v) is 2.67. The Hall–Kier alpha value is -0.940. The molecule has 0 aromatic carbocycles. The van der Waals surface area contributed by atoms with E-state index in [4.69, 9.17) is 5.73 Å². The van der Waals surface area contributed by atoms with Gasteiger partial charge in [-0.05, 0) is 34.8 Å². The van der Waals surface area contributed by atoms with Crippen LogP contribution in [0.1, 0.15) is 42.5 Å². The number of rotatable bonds is 2. The lowest BCUT2D eigenvalue weighted by molar-refractivity contribution is 0.0928. The van der Waals surface area contributed by atoms with Crippen molar-refractivity contribution in [2.75, 3.05) is 0 Å². The lowest BCUT2D eigenvalue weighted by Crippen LogP contribution is -2.46. The average molecular weight is 312 g/mol. The fraction of sp³-hybridized carbons (Fsp3) is 0.538. The molecule has 1 aromatic rings. The van der Waals surface area contributed by atoms with Gasteiger partial charge < -0.3 is 11.1 Å². The highest BCUT2D eigenvalue weighted by molar-refractivity contribution is 9.10. The van der Waals surface area contributed by atoms with Crippen LogP contribution < -0.4 is 11.1 Å². The Morgan fingerprint density at radius 3 is 2.89 bits per heavy atom. The van der Waals surface area contributed by atoms with Gasteiger partial charge in [-0.15, -0.1) is 0 Å². The minimum absolute atomic E-state index is 0.0663. The van der Waals surface area contributed by atoms with Gasteiger partial charge in [-0.25, -0.2) is 0 Å². The van der Waals surface area contributed by atoms with E-state index in [-0.39, 0.29) is 18.0 Å². The zero-order valence-electron chi connectivity index (χ0n) is 10.2. The molecule has 1 aliphatic carbocycles. The Kier molecular flexibility index (Phi) is 4.72. The van der Waals surface area contributed by atoms with Gasteiger partial charge in [0.2, 0.25) is 0 Å². The summed E-state index contributed by atoms with van der Waals surface area (Å²) in [5, 5.41) is 3.03. The lowest BCUT2D eigenvalue weighted by Gasteiger charge is -2.22. The monoisotopic (exact) mass is 311 g/mol. The number of carbonyl (C=O) groups is 1. The minimum atomic E-state index is -0.0915. The van der Waals surface area contributed by atoms with Crippen LogP contribution >= 0.6 is 15.9 Å². The molecule has 0 spiro atoms. The third-order valence-corrected chi connectivity index (χ3v) is 3.79. The highest BCUT2D eigenvalue weighted by Gasteiger charge is 2.22. The van der Waals surface area contributed by atoms with Crippen molar-refractivity contribution < 1.29 is 4.79 Å². The number of pyridine rings is 1. The van der Waals surface area contributed by atoms with Gasteiger partial charge in [0.15, 0.2) is 0 Å². The third kappa shape index (κ3) is 3.53. The maximum Gasteiger partial charge on any atom is 0.253 e. The van der Waals surface area contributed by atoms with E-state index in [2.05, 4.69) is 26.2 Å². The molecule has 0 radical (unpaired) electrons. The predicted molar refractivity (Wildman–Crippen MR) is 74.3 cm³/mol. The van der Waals surface area contributed by atoms with Crippen molar-refractivity contribution in [2.24, 2.45) is 5.73 Å². The van der Waals surface area contributed by atoms with Crippen LogP contribution in [-0.4, -0.2) is 23.0 Å². The normalized spacial score (nSPS) is 24.3. The Morgan fingerprint density at radius 1 is 1.33 bits per heavy atom. The van der Waals surface area contributed by atoms with Gasteiger partial charge in [0.1, 0.15) is 0 Å². The molecule has 0 aliphatic heterocycles. The van der Waals surface area contributed by atoms with Crippen LogP contribution in [0.2, 0.25) is 0 Å². The topological polar surface area (TPSA) is 68.0 Å². The summed E-state index contributed by atoms with van der Waals surface area (Å²) in [4.78, 5) is 16.1. The molecule has 0 bridgehead atoms. The van der Waals surface area contributed by atoms with Crippen LogP contribution in [-0.2, 0) is 0 Å². The SMILES string of the molecule is NC1CCCCCC1NC(=O)c1cncc(Br)c1. The first-order chi connectivity index (χ1) is 8.66. The molecule has 1 fully saturated rings. The largest absolute Gasteiger partial charge is 0.348 e. The number of nitrogens with zero attached hydrogens (tertiary/aromatic N) is 1. The summed E-state index contributed by atoms with van der Waals surface area (Å²) in [6.45, 7) is 0. The first-order valence-electron chi connectivity index (χ1n) is 6.34.